The van der Waals surface area contributed by atoms with Crippen molar-refractivity contribution in [2.75, 3.05) is 0 Å². The van der Waals surface area contributed by atoms with Gasteiger partial charge in [-0.15, -0.1) is 11.3 Å². The molecule has 0 N–H and O–H groups in total. The van der Waals surface area contributed by atoms with Crippen molar-refractivity contribution in [3.63, 3.8) is 0 Å². The molecule has 0 bridgehead atoms. The number of aromatic nitrogens is 2. The Bertz CT molecular complexity index is 948. The summed E-state index contributed by atoms with van der Waals surface area (Å²) in [6, 6.07) is 5.76. The van der Waals surface area contributed by atoms with Crippen LogP contribution in [0.1, 0.15) is 10.6 Å². The molecule has 0 unspecified atom stereocenters. The standard InChI is InChI=1S/C16H11BrFN3O3S/c1-9-20-14(8-25-9)13-3-2-12(18)4-10(13)7-24-15-5-11(17)6-19-16(15)21(22)23/h2-6,8H,7H2,1H3. The summed E-state index contributed by atoms with van der Waals surface area (Å²) in [4.78, 5) is 18.6. The number of halogens is 2. The van der Waals surface area contributed by atoms with Gasteiger partial charge >= 0.3 is 5.82 Å². The van der Waals surface area contributed by atoms with E-state index in [2.05, 4.69) is 25.9 Å². The first-order valence-electron chi connectivity index (χ1n) is 7.07. The van der Waals surface area contributed by atoms with E-state index in [1.165, 1.54) is 35.7 Å². The largest absolute Gasteiger partial charge is 0.481 e. The highest BCUT2D eigenvalue weighted by atomic mass is 79.9. The van der Waals surface area contributed by atoms with Gasteiger partial charge in [-0.2, -0.15) is 0 Å². The molecule has 2 heterocycles. The van der Waals surface area contributed by atoms with Gasteiger partial charge in [-0.1, -0.05) is 0 Å². The minimum absolute atomic E-state index is 0.00374. The van der Waals surface area contributed by atoms with E-state index < -0.39 is 16.6 Å². The van der Waals surface area contributed by atoms with Crippen molar-refractivity contribution in [1.29, 1.82) is 0 Å². The topological polar surface area (TPSA) is 78.2 Å². The maximum Gasteiger partial charge on any atom is 0.406 e. The van der Waals surface area contributed by atoms with E-state index in [0.29, 0.717) is 15.7 Å². The lowest BCUT2D eigenvalue weighted by Crippen LogP contribution is -2.03. The molecule has 0 atom stereocenters. The van der Waals surface area contributed by atoms with Crippen LogP contribution in [0.2, 0.25) is 0 Å². The van der Waals surface area contributed by atoms with Crippen molar-refractivity contribution in [3.8, 4) is 17.0 Å². The molecule has 0 aliphatic rings. The number of hydrogen-bond acceptors (Lipinski definition) is 6. The van der Waals surface area contributed by atoms with Gasteiger partial charge in [0.25, 0.3) is 0 Å². The summed E-state index contributed by atoms with van der Waals surface area (Å²) in [6.07, 6.45) is 1.32. The maximum atomic E-state index is 13.7. The lowest BCUT2D eigenvalue weighted by molar-refractivity contribution is -0.390. The summed E-state index contributed by atoms with van der Waals surface area (Å²) in [5.41, 5.74) is 1.97. The van der Waals surface area contributed by atoms with Crippen LogP contribution in [0.25, 0.3) is 11.3 Å². The van der Waals surface area contributed by atoms with Gasteiger partial charge in [0, 0.05) is 22.6 Å². The van der Waals surface area contributed by atoms with Crippen LogP contribution < -0.4 is 4.74 Å². The molecule has 0 saturated heterocycles. The Labute approximate surface area is 154 Å². The number of hydrogen-bond donors (Lipinski definition) is 0. The Morgan fingerprint density at radius 2 is 2.20 bits per heavy atom. The smallest absolute Gasteiger partial charge is 0.406 e. The fraction of sp³-hybridized carbons (Fsp3) is 0.125. The van der Waals surface area contributed by atoms with Crippen LogP contribution in [-0.2, 0) is 6.61 Å². The molecule has 3 aromatic rings. The molecule has 0 radical (unpaired) electrons. The molecular weight excluding hydrogens is 413 g/mol. The lowest BCUT2D eigenvalue weighted by Gasteiger charge is -2.10. The first-order valence-corrected chi connectivity index (χ1v) is 8.75. The minimum atomic E-state index is -0.627. The number of nitro groups is 1. The molecule has 25 heavy (non-hydrogen) atoms. The van der Waals surface area contributed by atoms with Crippen molar-refractivity contribution in [2.24, 2.45) is 0 Å². The highest BCUT2D eigenvalue weighted by Crippen LogP contribution is 2.31. The van der Waals surface area contributed by atoms with Crippen molar-refractivity contribution in [3.05, 3.63) is 66.8 Å². The minimum Gasteiger partial charge on any atom is -0.481 e. The molecule has 128 valence electrons. The van der Waals surface area contributed by atoms with Crippen LogP contribution in [-0.4, -0.2) is 14.9 Å². The van der Waals surface area contributed by atoms with Crippen molar-refractivity contribution >= 4 is 33.1 Å². The van der Waals surface area contributed by atoms with Gasteiger partial charge in [0.2, 0.25) is 5.75 Å². The quantitative estimate of drug-likeness (QED) is 0.430. The molecule has 9 heteroatoms. The molecule has 6 nitrogen and oxygen atoms in total. The summed E-state index contributed by atoms with van der Waals surface area (Å²) >= 11 is 4.69. The van der Waals surface area contributed by atoms with Crippen LogP contribution in [0.3, 0.4) is 0 Å². The van der Waals surface area contributed by atoms with E-state index >= 15 is 0 Å². The highest BCUT2D eigenvalue weighted by molar-refractivity contribution is 9.10. The van der Waals surface area contributed by atoms with E-state index in [-0.39, 0.29) is 12.4 Å². The normalized spacial score (nSPS) is 10.7. The highest BCUT2D eigenvalue weighted by Gasteiger charge is 2.18. The van der Waals surface area contributed by atoms with Crippen molar-refractivity contribution < 1.29 is 14.1 Å². The Balaban J connectivity index is 1.93. The van der Waals surface area contributed by atoms with Crippen LogP contribution >= 0.6 is 27.3 Å². The number of benzene rings is 1. The van der Waals surface area contributed by atoms with Crippen molar-refractivity contribution in [1.82, 2.24) is 9.97 Å². The fourth-order valence-electron chi connectivity index (χ4n) is 2.23. The van der Waals surface area contributed by atoms with Gasteiger partial charge in [-0.3, -0.25) is 0 Å². The molecule has 0 spiro atoms. The van der Waals surface area contributed by atoms with Gasteiger partial charge in [0.1, 0.15) is 12.4 Å². The zero-order valence-electron chi connectivity index (χ0n) is 12.9. The second kappa shape index (κ2) is 7.24. The third kappa shape index (κ3) is 3.99. The van der Waals surface area contributed by atoms with Gasteiger partial charge in [0.15, 0.2) is 6.20 Å². The fourth-order valence-corrected chi connectivity index (χ4v) is 3.15. The average molecular weight is 424 g/mol. The zero-order chi connectivity index (χ0) is 18.0. The molecule has 0 saturated carbocycles. The SMILES string of the molecule is Cc1nc(-c2ccc(F)cc2COc2cc(Br)cnc2[N+](=O)[O-])cs1. The van der Waals surface area contributed by atoms with Crippen LogP contribution in [0.5, 0.6) is 5.75 Å². The molecule has 3 rings (SSSR count). The molecule has 1 aromatic carbocycles. The van der Waals surface area contributed by atoms with E-state index in [1.807, 2.05) is 12.3 Å². The molecule has 0 fully saturated rings. The van der Waals surface area contributed by atoms with Crippen LogP contribution in [0.15, 0.2) is 40.3 Å². The second-order valence-corrected chi connectivity index (χ2v) is 7.05. The summed E-state index contributed by atoms with van der Waals surface area (Å²) in [6.45, 7) is 1.83. The van der Waals surface area contributed by atoms with Gasteiger partial charge in [-0.05, 0) is 51.0 Å². The summed E-state index contributed by atoms with van der Waals surface area (Å²) < 4.78 is 19.8. The molecule has 0 amide bonds. The Hall–Kier alpha value is -2.39. The number of pyridine rings is 1. The molecule has 0 aliphatic heterocycles. The third-order valence-corrected chi connectivity index (χ3v) is 4.53. The summed E-state index contributed by atoms with van der Waals surface area (Å²) in [7, 11) is 0. The molecular formula is C16H11BrFN3O3S. The zero-order valence-corrected chi connectivity index (χ0v) is 15.3. The van der Waals surface area contributed by atoms with Gasteiger partial charge in [-0.25, -0.2) is 9.37 Å². The number of ether oxygens (including phenoxy) is 1. The monoisotopic (exact) mass is 423 g/mol. The average Bonchev–Trinajstić information content (AvgIpc) is 2.99. The number of rotatable bonds is 5. The van der Waals surface area contributed by atoms with Gasteiger partial charge in [0.05, 0.1) is 15.2 Å². The Morgan fingerprint density at radius 1 is 1.40 bits per heavy atom. The summed E-state index contributed by atoms with van der Waals surface area (Å²) in [5, 5.41) is 13.8. The maximum absolute atomic E-state index is 13.7. The van der Waals surface area contributed by atoms with E-state index in [4.69, 9.17) is 4.74 Å². The molecule has 2 aromatic heterocycles. The molecule has 0 aliphatic carbocycles. The van der Waals surface area contributed by atoms with E-state index in [9.17, 15) is 14.5 Å². The predicted molar refractivity (Wildman–Crippen MR) is 95.2 cm³/mol. The first kappa shape index (κ1) is 17.4. The Kier molecular flexibility index (Phi) is 5.05. The first-order chi connectivity index (χ1) is 11.9. The lowest BCUT2D eigenvalue weighted by atomic mass is 10.1. The number of nitrogens with zero attached hydrogens (tertiary/aromatic N) is 3. The number of aryl methyl sites for hydroxylation is 1. The number of thiazole rings is 1. The van der Waals surface area contributed by atoms with E-state index in [0.717, 1.165) is 10.6 Å². The van der Waals surface area contributed by atoms with E-state index in [1.54, 1.807) is 6.07 Å². The predicted octanol–water partition coefficient (Wildman–Crippen LogP) is 4.90. The van der Waals surface area contributed by atoms with Gasteiger partial charge < -0.3 is 14.9 Å². The van der Waals surface area contributed by atoms with Crippen molar-refractivity contribution in [2.45, 2.75) is 13.5 Å². The third-order valence-electron chi connectivity index (χ3n) is 3.32. The second-order valence-electron chi connectivity index (χ2n) is 5.07. The summed E-state index contributed by atoms with van der Waals surface area (Å²) in [5.74, 6) is -0.814. The van der Waals surface area contributed by atoms with Crippen LogP contribution in [0.4, 0.5) is 10.2 Å². The Morgan fingerprint density at radius 3 is 2.88 bits per heavy atom. The van der Waals surface area contributed by atoms with Crippen LogP contribution in [0, 0.1) is 22.9 Å².